The van der Waals surface area contributed by atoms with Crippen molar-refractivity contribution in [3.05, 3.63) is 70.6 Å². The van der Waals surface area contributed by atoms with Gasteiger partial charge in [-0.25, -0.2) is 4.79 Å². The lowest BCUT2D eigenvalue weighted by atomic mass is 10.0. The maximum Gasteiger partial charge on any atom is 0.337 e. The van der Waals surface area contributed by atoms with Gasteiger partial charge in [0.05, 0.1) is 38.2 Å². The van der Waals surface area contributed by atoms with Crippen molar-refractivity contribution >= 4 is 40.3 Å². The smallest absolute Gasteiger partial charge is 0.337 e. The van der Waals surface area contributed by atoms with E-state index in [2.05, 4.69) is 10.6 Å². The Labute approximate surface area is 277 Å². The number of carbonyl (C=O) groups is 4. The number of nitrogens with two attached hydrogens (primary N) is 1. The molecule has 0 bridgehead atoms. The second-order valence-corrected chi connectivity index (χ2v) is 10.3. The molecule has 16 nitrogen and oxygen atoms in total. The topological polar surface area (TPSA) is 246 Å². The molecule has 0 unspecified atom stereocenters. The highest BCUT2D eigenvalue weighted by atomic mass is 16.6. The third-order valence-corrected chi connectivity index (χ3v) is 6.86. The van der Waals surface area contributed by atoms with Crippen LogP contribution in [0.1, 0.15) is 23.2 Å². The van der Waals surface area contributed by atoms with Gasteiger partial charge in [0, 0.05) is 31.5 Å². The van der Waals surface area contributed by atoms with E-state index >= 15 is 0 Å². The van der Waals surface area contributed by atoms with Crippen LogP contribution in [0.25, 0.3) is 22.1 Å². The van der Waals surface area contributed by atoms with Crippen LogP contribution in [0, 0.1) is 0 Å². The summed E-state index contributed by atoms with van der Waals surface area (Å²) < 4.78 is 26.2. The maximum atomic E-state index is 13.0. The van der Waals surface area contributed by atoms with Gasteiger partial charge in [-0.1, -0.05) is 12.1 Å². The molecule has 0 aliphatic carbocycles. The number of carbonyl (C=O) groups excluding carboxylic acids is 4. The van der Waals surface area contributed by atoms with Crippen molar-refractivity contribution in [1.29, 1.82) is 0 Å². The van der Waals surface area contributed by atoms with Gasteiger partial charge in [0.1, 0.15) is 52.4 Å². The van der Waals surface area contributed by atoms with Crippen molar-refractivity contribution < 1.29 is 57.9 Å². The minimum atomic E-state index is -0.943. The Bertz CT molecular complexity index is 1910. The van der Waals surface area contributed by atoms with Gasteiger partial charge >= 0.3 is 5.97 Å². The number of primary amides is 1. The van der Waals surface area contributed by atoms with E-state index < -0.39 is 47.2 Å². The summed E-state index contributed by atoms with van der Waals surface area (Å²) in [6, 6.07) is 11.0. The summed E-state index contributed by atoms with van der Waals surface area (Å²) in [5.41, 5.74) is 5.04. The van der Waals surface area contributed by atoms with Crippen LogP contribution in [0.5, 0.6) is 28.7 Å². The van der Waals surface area contributed by atoms with Crippen molar-refractivity contribution in [3.63, 3.8) is 0 Å². The highest BCUT2D eigenvalue weighted by Crippen LogP contribution is 2.35. The minimum Gasteiger partial charge on any atom is -0.508 e. The molecule has 4 rings (SSSR count). The predicted molar refractivity (Wildman–Crippen MR) is 173 cm³/mol. The lowest BCUT2D eigenvalue weighted by molar-refractivity contribution is -0.140. The molecule has 0 aliphatic heterocycles. The Morgan fingerprint density at radius 3 is 2.33 bits per heavy atom. The second kappa shape index (κ2) is 16.6. The molecule has 0 aliphatic rings. The number of nitrogens with one attached hydrogen (secondary N) is 2. The molecule has 7 N–H and O–H groups in total. The van der Waals surface area contributed by atoms with Crippen molar-refractivity contribution in [1.82, 2.24) is 5.32 Å². The summed E-state index contributed by atoms with van der Waals surface area (Å²) in [4.78, 5) is 61.0. The van der Waals surface area contributed by atoms with Crippen LogP contribution in [0.15, 0.2) is 64.0 Å². The minimum absolute atomic E-state index is 0.00554. The van der Waals surface area contributed by atoms with E-state index in [0.717, 1.165) is 6.07 Å². The number of methoxy groups -OCH3 is 1. The standard InChI is InChI=1S/C33H33N3O13/c1-45-24-7-6-22(32(43)30(24)33(34)44)36-27(40)9-8-26(39)35-10-11-46-12-13-47-17-28(41)49-20-14-23(38)29-25(15-20)48-16-21(31(29)42)18-2-4-19(37)5-3-18/h2-7,14-16,37-38,43H,8-13,17H2,1H3,(H2,34,44)(H,35,39)(H,36,40). The highest BCUT2D eigenvalue weighted by molar-refractivity contribution is 6.03. The van der Waals surface area contributed by atoms with E-state index in [1.807, 2.05) is 0 Å². The summed E-state index contributed by atoms with van der Waals surface area (Å²) in [6.07, 6.45) is 0.847. The van der Waals surface area contributed by atoms with Gasteiger partial charge in [0.2, 0.25) is 17.2 Å². The van der Waals surface area contributed by atoms with Gasteiger partial charge in [-0.05, 0) is 29.8 Å². The van der Waals surface area contributed by atoms with E-state index in [1.54, 1.807) is 0 Å². The van der Waals surface area contributed by atoms with Gasteiger partial charge in [-0.2, -0.15) is 0 Å². The molecule has 16 heteroatoms. The normalized spacial score (nSPS) is 10.8. The van der Waals surface area contributed by atoms with Crippen LogP contribution in [0.2, 0.25) is 0 Å². The second-order valence-electron chi connectivity index (χ2n) is 10.3. The van der Waals surface area contributed by atoms with Crippen LogP contribution in [0.3, 0.4) is 0 Å². The number of anilines is 1. The number of benzene rings is 3. The average Bonchev–Trinajstić information content (AvgIpc) is 3.06. The number of phenols is 3. The predicted octanol–water partition coefficient (Wildman–Crippen LogP) is 2.16. The van der Waals surface area contributed by atoms with E-state index in [-0.39, 0.29) is 84.2 Å². The number of esters is 1. The van der Waals surface area contributed by atoms with Crippen LogP contribution < -0.4 is 31.3 Å². The first kappa shape index (κ1) is 35.7. The number of ether oxygens (including phenoxy) is 4. The molecule has 1 aromatic heterocycles. The largest absolute Gasteiger partial charge is 0.508 e. The molecule has 0 spiro atoms. The van der Waals surface area contributed by atoms with Crippen molar-refractivity contribution in [3.8, 4) is 39.9 Å². The molecule has 3 amide bonds. The fourth-order valence-corrected chi connectivity index (χ4v) is 4.52. The molecular weight excluding hydrogens is 646 g/mol. The van der Waals surface area contributed by atoms with E-state index in [9.17, 15) is 39.3 Å². The van der Waals surface area contributed by atoms with Crippen LogP contribution in [-0.4, -0.2) is 79.1 Å². The first-order valence-electron chi connectivity index (χ1n) is 14.7. The number of hydrogen-bond acceptors (Lipinski definition) is 13. The molecule has 1 heterocycles. The fourth-order valence-electron chi connectivity index (χ4n) is 4.52. The first-order chi connectivity index (χ1) is 23.5. The fraction of sp³-hybridized carbons (Fsp3) is 0.242. The zero-order valence-electron chi connectivity index (χ0n) is 26.1. The van der Waals surface area contributed by atoms with Gasteiger partial charge in [0.25, 0.3) is 5.91 Å². The number of aromatic hydroxyl groups is 3. The quantitative estimate of drug-likeness (QED) is 0.0431. The van der Waals surface area contributed by atoms with E-state index in [1.165, 1.54) is 55.8 Å². The molecule has 258 valence electrons. The first-order valence-corrected chi connectivity index (χ1v) is 14.7. The molecule has 0 radical (unpaired) electrons. The van der Waals surface area contributed by atoms with Crippen LogP contribution >= 0.6 is 0 Å². The van der Waals surface area contributed by atoms with Crippen molar-refractivity contribution in [2.75, 3.05) is 45.4 Å². The molecule has 0 saturated heterocycles. The summed E-state index contributed by atoms with van der Waals surface area (Å²) in [5, 5.41) is 35.1. The molecule has 49 heavy (non-hydrogen) atoms. The van der Waals surface area contributed by atoms with E-state index in [4.69, 9.17) is 29.1 Å². The van der Waals surface area contributed by atoms with Crippen molar-refractivity contribution in [2.24, 2.45) is 5.73 Å². The van der Waals surface area contributed by atoms with Crippen LogP contribution in [-0.2, 0) is 23.9 Å². The van der Waals surface area contributed by atoms with Gasteiger partial charge in [-0.15, -0.1) is 0 Å². The molecule has 4 aromatic rings. The summed E-state index contributed by atoms with van der Waals surface area (Å²) in [6.45, 7) is -0.0613. The van der Waals surface area contributed by atoms with Crippen LogP contribution in [0.4, 0.5) is 5.69 Å². The Kier molecular flexibility index (Phi) is 12.1. The van der Waals surface area contributed by atoms with Crippen molar-refractivity contribution in [2.45, 2.75) is 12.8 Å². The number of hydrogen-bond donors (Lipinski definition) is 6. The SMILES string of the molecule is COc1ccc(NC(=O)CCC(=O)NCCOCCOCC(=O)Oc2cc(O)c3c(=O)c(-c4ccc(O)cc4)coc3c2)c(O)c1C(N)=O. The Balaban J connectivity index is 1.11. The van der Waals surface area contributed by atoms with Gasteiger partial charge < -0.3 is 55.1 Å². The number of amides is 3. The maximum absolute atomic E-state index is 13.0. The summed E-state index contributed by atoms with van der Waals surface area (Å²) in [7, 11) is 1.29. The zero-order chi connectivity index (χ0) is 35.5. The van der Waals surface area contributed by atoms with Gasteiger partial charge in [-0.3, -0.25) is 19.2 Å². The molecule has 3 aromatic carbocycles. The highest BCUT2D eigenvalue weighted by Gasteiger charge is 2.20. The Hall–Kier alpha value is -6.13. The lowest BCUT2D eigenvalue weighted by Gasteiger charge is -2.12. The lowest BCUT2D eigenvalue weighted by Crippen LogP contribution is -2.28. The Morgan fingerprint density at radius 1 is 0.898 bits per heavy atom. The monoisotopic (exact) mass is 679 g/mol. The summed E-state index contributed by atoms with van der Waals surface area (Å²) >= 11 is 0. The molecule has 0 atom stereocenters. The molecule has 0 fully saturated rings. The van der Waals surface area contributed by atoms with Gasteiger partial charge in [0.15, 0.2) is 5.75 Å². The Morgan fingerprint density at radius 2 is 1.61 bits per heavy atom. The molecular formula is C33H33N3O13. The number of fused-ring (bicyclic) bond motifs is 1. The summed E-state index contributed by atoms with van der Waals surface area (Å²) in [5.74, 6) is -3.73. The third kappa shape index (κ3) is 9.46. The zero-order valence-corrected chi connectivity index (χ0v) is 26.1. The van der Waals surface area contributed by atoms with E-state index in [0.29, 0.717) is 5.56 Å². The third-order valence-electron chi connectivity index (χ3n) is 6.86. The number of rotatable bonds is 16. The molecule has 0 saturated carbocycles. The average molecular weight is 680 g/mol. The number of phenolic OH excluding ortho intramolecular Hbond substituents is 2.